The molecule has 3 aromatic rings. The number of rotatable bonds is 11. The third-order valence-corrected chi connectivity index (χ3v) is 9.10. The molecule has 0 amide bonds. The molecular weight excluding hydrogens is 550 g/mol. The van der Waals surface area contributed by atoms with E-state index in [9.17, 15) is 0 Å². The van der Waals surface area contributed by atoms with Crippen LogP contribution in [0, 0.1) is 5.41 Å². The fourth-order valence-electron chi connectivity index (χ4n) is 6.53. The van der Waals surface area contributed by atoms with Gasteiger partial charge in [0, 0.05) is 80.5 Å². The van der Waals surface area contributed by atoms with Gasteiger partial charge >= 0.3 is 0 Å². The molecule has 4 N–H and O–H groups in total. The highest BCUT2D eigenvalue weighted by atomic mass is 16.5. The average molecular weight is 600 g/mol. The minimum atomic E-state index is 0.278. The Balaban J connectivity index is 1.31. The number of benzene rings is 2. The SMILES string of the molecule is CNc1cc(Nc2cc(-c3ccc(NC(C)C)c(C=N)c3)ncn2)c(OC)cc1N(C)C1CCN(C2CCN(C)CC2)CC1. The molecular formula is C34H49N9O. The van der Waals surface area contributed by atoms with Crippen molar-refractivity contribution in [2.45, 2.75) is 57.7 Å². The maximum Gasteiger partial charge on any atom is 0.144 e. The Labute approximate surface area is 262 Å². The van der Waals surface area contributed by atoms with Crippen LogP contribution in [0.15, 0.2) is 42.7 Å². The molecule has 0 unspecified atom stereocenters. The second-order valence-electron chi connectivity index (χ2n) is 12.4. The first-order valence-electron chi connectivity index (χ1n) is 15.8. The van der Waals surface area contributed by atoms with Gasteiger partial charge in [0.25, 0.3) is 0 Å². The van der Waals surface area contributed by atoms with Crippen LogP contribution in [0.3, 0.4) is 0 Å². The molecule has 0 bridgehead atoms. The molecule has 3 heterocycles. The number of likely N-dealkylation sites (tertiary alicyclic amines) is 2. The molecule has 0 aliphatic carbocycles. The van der Waals surface area contributed by atoms with E-state index in [0.29, 0.717) is 11.9 Å². The maximum absolute atomic E-state index is 7.90. The summed E-state index contributed by atoms with van der Waals surface area (Å²) in [5, 5.41) is 18.2. The molecule has 10 nitrogen and oxygen atoms in total. The van der Waals surface area contributed by atoms with Gasteiger partial charge in [-0.25, -0.2) is 9.97 Å². The second-order valence-corrected chi connectivity index (χ2v) is 12.4. The molecule has 0 saturated carbocycles. The molecule has 44 heavy (non-hydrogen) atoms. The van der Waals surface area contributed by atoms with E-state index in [1.807, 2.05) is 31.3 Å². The molecule has 0 atom stereocenters. The summed E-state index contributed by atoms with van der Waals surface area (Å²) in [7, 11) is 8.12. The van der Waals surface area contributed by atoms with Crippen LogP contribution in [0.1, 0.15) is 45.1 Å². The largest absolute Gasteiger partial charge is 0.494 e. The summed E-state index contributed by atoms with van der Waals surface area (Å²) >= 11 is 0. The molecule has 0 spiro atoms. The zero-order valence-corrected chi connectivity index (χ0v) is 27.2. The summed E-state index contributed by atoms with van der Waals surface area (Å²) in [6.45, 7) is 8.90. The van der Waals surface area contributed by atoms with Crippen LogP contribution in [0.25, 0.3) is 11.3 Å². The quantitative estimate of drug-likeness (QED) is 0.205. The normalized spacial score (nSPS) is 17.0. The lowest BCUT2D eigenvalue weighted by Gasteiger charge is -2.43. The first-order chi connectivity index (χ1) is 21.3. The van der Waals surface area contributed by atoms with Gasteiger partial charge in [0.15, 0.2) is 0 Å². The lowest BCUT2D eigenvalue weighted by atomic mass is 9.97. The van der Waals surface area contributed by atoms with Gasteiger partial charge in [0.05, 0.1) is 29.9 Å². The minimum Gasteiger partial charge on any atom is -0.494 e. The van der Waals surface area contributed by atoms with E-state index in [2.05, 4.69) is 80.7 Å². The molecule has 2 aliphatic heterocycles. The highest BCUT2D eigenvalue weighted by molar-refractivity contribution is 5.88. The summed E-state index contributed by atoms with van der Waals surface area (Å²) in [6.07, 6.45) is 7.82. The lowest BCUT2D eigenvalue weighted by molar-refractivity contribution is 0.0967. The Kier molecular flexibility index (Phi) is 10.2. The standard InChI is InChI=1S/C34H49N9O/c1-23(2)39-28-8-7-24(17-25(28)21-35)29-19-34(38-22-37-29)40-31-18-30(36-3)32(20-33(31)44-6)42(5)26-11-15-43(16-12-26)27-9-13-41(4)14-10-27/h7-8,17-23,26-27,35-36,39H,9-16H2,1-6H3,(H,37,38,40). The third-order valence-electron chi connectivity index (χ3n) is 9.10. The molecule has 2 aromatic carbocycles. The van der Waals surface area contributed by atoms with Crippen LogP contribution < -0.4 is 25.6 Å². The monoisotopic (exact) mass is 599 g/mol. The molecule has 5 rings (SSSR count). The van der Waals surface area contributed by atoms with Gasteiger partial charge in [0.1, 0.15) is 17.9 Å². The van der Waals surface area contributed by atoms with Crippen LogP contribution in [-0.4, -0.2) is 98.5 Å². The number of hydrogen-bond acceptors (Lipinski definition) is 10. The van der Waals surface area contributed by atoms with Crippen LogP contribution in [0.4, 0.5) is 28.6 Å². The summed E-state index contributed by atoms with van der Waals surface area (Å²) in [5.41, 5.74) is 6.44. The number of nitrogens with one attached hydrogen (secondary N) is 4. The van der Waals surface area contributed by atoms with Crippen molar-refractivity contribution in [3.8, 4) is 17.0 Å². The summed E-state index contributed by atoms with van der Waals surface area (Å²) < 4.78 is 5.89. The Morgan fingerprint density at radius 1 is 0.977 bits per heavy atom. The van der Waals surface area contributed by atoms with E-state index in [4.69, 9.17) is 10.1 Å². The Bertz CT molecular complexity index is 1410. The number of aromatic nitrogens is 2. The minimum absolute atomic E-state index is 0.278. The topological polar surface area (TPSA) is 105 Å². The van der Waals surface area contributed by atoms with Crippen LogP contribution >= 0.6 is 0 Å². The van der Waals surface area contributed by atoms with Gasteiger partial charge in [-0.1, -0.05) is 6.07 Å². The molecule has 2 aliphatic rings. The second kappa shape index (κ2) is 14.3. The van der Waals surface area contributed by atoms with Crippen molar-refractivity contribution < 1.29 is 4.74 Å². The van der Waals surface area contributed by atoms with E-state index >= 15 is 0 Å². The molecule has 10 heteroatoms. The Morgan fingerprint density at radius 2 is 1.73 bits per heavy atom. The van der Waals surface area contributed by atoms with E-state index in [1.165, 1.54) is 32.1 Å². The molecule has 2 saturated heterocycles. The zero-order valence-electron chi connectivity index (χ0n) is 27.2. The number of methoxy groups -OCH3 is 1. The average Bonchev–Trinajstić information content (AvgIpc) is 3.04. The number of piperidine rings is 2. The van der Waals surface area contributed by atoms with Gasteiger partial charge in [-0.2, -0.15) is 0 Å². The van der Waals surface area contributed by atoms with Crippen LogP contribution in [0.5, 0.6) is 5.75 Å². The van der Waals surface area contributed by atoms with Gasteiger partial charge in [-0.05, 0) is 77.9 Å². The van der Waals surface area contributed by atoms with Crippen molar-refractivity contribution in [3.05, 3.63) is 48.3 Å². The van der Waals surface area contributed by atoms with E-state index in [1.54, 1.807) is 13.4 Å². The summed E-state index contributed by atoms with van der Waals surface area (Å²) in [5.74, 6) is 1.42. The predicted molar refractivity (Wildman–Crippen MR) is 183 cm³/mol. The molecule has 2 fully saturated rings. The highest BCUT2D eigenvalue weighted by Gasteiger charge is 2.30. The van der Waals surface area contributed by atoms with Crippen molar-refractivity contribution in [2.75, 3.05) is 75.3 Å². The first-order valence-corrected chi connectivity index (χ1v) is 15.8. The number of hydrogen-bond donors (Lipinski definition) is 4. The van der Waals surface area contributed by atoms with Crippen molar-refractivity contribution in [1.29, 1.82) is 5.41 Å². The fourth-order valence-corrected chi connectivity index (χ4v) is 6.53. The highest BCUT2D eigenvalue weighted by Crippen LogP contribution is 2.39. The van der Waals surface area contributed by atoms with Crippen LogP contribution in [-0.2, 0) is 0 Å². The summed E-state index contributed by atoms with van der Waals surface area (Å²) in [4.78, 5) is 16.6. The van der Waals surface area contributed by atoms with Crippen molar-refractivity contribution in [2.24, 2.45) is 0 Å². The van der Waals surface area contributed by atoms with E-state index in [0.717, 1.165) is 77.3 Å². The van der Waals surface area contributed by atoms with Crippen molar-refractivity contribution in [3.63, 3.8) is 0 Å². The zero-order chi connectivity index (χ0) is 31.2. The molecule has 1 aromatic heterocycles. The van der Waals surface area contributed by atoms with E-state index < -0.39 is 0 Å². The van der Waals surface area contributed by atoms with Crippen molar-refractivity contribution >= 4 is 34.8 Å². The van der Waals surface area contributed by atoms with Crippen LogP contribution in [0.2, 0.25) is 0 Å². The molecule has 236 valence electrons. The Morgan fingerprint density at radius 3 is 2.39 bits per heavy atom. The predicted octanol–water partition coefficient (Wildman–Crippen LogP) is 5.75. The third kappa shape index (κ3) is 7.25. The van der Waals surface area contributed by atoms with Gasteiger partial charge < -0.3 is 40.8 Å². The maximum atomic E-state index is 7.90. The smallest absolute Gasteiger partial charge is 0.144 e. The van der Waals surface area contributed by atoms with E-state index in [-0.39, 0.29) is 6.04 Å². The number of nitrogens with zero attached hydrogens (tertiary/aromatic N) is 5. The van der Waals surface area contributed by atoms with Gasteiger partial charge in [-0.15, -0.1) is 0 Å². The lowest BCUT2D eigenvalue weighted by Crippen LogP contribution is -2.50. The van der Waals surface area contributed by atoms with Gasteiger partial charge in [0.2, 0.25) is 0 Å². The number of ether oxygens (including phenoxy) is 1. The number of anilines is 5. The molecule has 0 radical (unpaired) electrons. The van der Waals surface area contributed by atoms with Gasteiger partial charge in [-0.3, -0.25) is 0 Å². The Hall–Kier alpha value is -3.89. The fraction of sp³-hybridized carbons (Fsp3) is 0.500. The van der Waals surface area contributed by atoms with Crippen molar-refractivity contribution in [1.82, 2.24) is 19.8 Å². The summed E-state index contributed by atoms with van der Waals surface area (Å²) in [6, 6.07) is 13.6. The first kappa shape index (κ1) is 31.5.